The highest BCUT2D eigenvalue weighted by Crippen LogP contribution is 2.48. The van der Waals surface area contributed by atoms with E-state index in [0.29, 0.717) is 17.2 Å². The Hall–Kier alpha value is -0.830. The van der Waals surface area contributed by atoms with E-state index in [4.69, 9.17) is 4.74 Å². The van der Waals surface area contributed by atoms with Crippen molar-refractivity contribution < 1.29 is 17.9 Å². The van der Waals surface area contributed by atoms with Gasteiger partial charge in [0, 0.05) is 54.6 Å². The summed E-state index contributed by atoms with van der Waals surface area (Å²) in [6.07, 6.45) is -3.29. The first-order valence-corrected chi connectivity index (χ1v) is 10.2. The van der Waals surface area contributed by atoms with Crippen molar-refractivity contribution in [3.8, 4) is 0 Å². The van der Waals surface area contributed by atoms with Crippen molar-refractivity contribution in [1.82, 2.24) is 14.2 Å². The van der Waals surface area contributed by atoms with Gasteiger partial charge >= 0.3 is 6.18 Å². The standard InChI is InChI=1S/C19H26F3N3OS/c1-13-14(4-5-15(23-13)19(20,21)22)27-25-10-18(11-25)8-24(9-18)16-6-7-26-12-17(16,2)3/h4-5,16H,6-12H2,1-3H3. The molecule has 27 heavy (non-hydrogen) atoms. The first-order chi connectivity index (χ1) is 12.6. The van der Waals surface area contributed by atoms with Gasteiger partial charge < -0.3 is 4.74 Å². The molecule has 3 saturated heterocycles. The third-order valence-electron chi connectivity index (χ3n) is 6.01. The van der Waals surface area contributed by atoms with E-state index in [1.165, 1.54) is 11.9 Å². The largest absolute Gasteiger partial charge is 0.433 e. The minimum absolute atomic E-state index is 0.195. The van der Waals surface area contributed by atoms with E-state index in [1.807, 2.05) is 0 Å². The summed E-state index contributed by atoms with van der Waals surface area (Å²) in [6, 6.07) is 3.20. The molecule has 3 aliphatic rings. The number of ether oxygens (including phenoxy) is 1. The summed E-state index contributed by atoms with van der Waals surface area (Å²) < 4.78 is 46.1. The molecule has 0 bridgehead atoms. The molecule has 0 saturated carbocycles. The number of likely N-dealkylation sites (tertiary alicyclic amines) is 1. The molecule has 150 valence electrons. The van der Waals surface area contributed by atoms with Crippen LogP contribution in [0.15, 0.2) is 17.0 Å². The van der Waals surface area contributed by atoms with Gasteiger partial charge in [0.2, 0.25) is 0 Å². The number of aryl methyl sites for hydroxylation is 1. The number of halogens is 3. The molecule has 0 radical (unpaired) electrons. The lowest BCUT2D eigenvalue weighted by Gasteiger charge is -2.63. The van der Waals surface area contributed by atoms with Crippen molar-refractivity contribution >= 4 is 11.9 Å². The van der Waals surface area contributed by atoms with E-state index in [9.17, 15) is 13.2 Å². The maximum atomic E-state index is 12.7. The highest BCUT2D eigenvalue weighted by molar-refractivity contribution is 7.97. The van der Waals surface area contributed by atoms with Gasteiger partial charge in [-0.25, -0.2) is 9.29 Å². The van der Waals surface area contributed by atoms with Gasteiger partial charge in [-0.1, -0.05) is 13.8 Å². The quantitative estimate of drug-likeness (QED) is 0.718. The van der Waals surface area contributed by atoms with Crippen LogP contribution < -0.4 is 0 Å². The number of hydrogen-bond acceptors (Lipinski definition) is 5. The summed E-state index contributed by atoms with van der Waals surface area (Å²) >= 11 is 1.53. The van der Waals surface area contributed by atoms with Crippen LogP contribution in [0, 0.1) is 17.8 Å². The molecule has 0 amide bonds. The fourth-order valence-corrected chi connectivity index (χ4v) is 5.90. The van der Waals surface area contributed by atoms with E-state index in [1.54, 1.807) is 13.0 Å². The minimum atomic E-state index is -4.39. The maximum absolute atomic E-state index is 12.7. The molecular weight excluding hydrogens is 375 g/mol. The number of alkyl halides is 3. The first-order valence-electron chi connectivity index (χ1n) is 9.38. The molecule has 3 aliphatic heterocycles. The average Bonchev–Trinajstić information content (AvgIpc) is 2.49. The molecule has 0 aromatic carbocycles. The van der Waals surface area contributed by atoms with Crippen LogP contribution in [0.2, 0.25) is 0 Å². The van der Waals surface area contributed by atoms with Crippen LogP contribution in [0.25, 0.3) is 0 Å². The third-order valence-corrected chi connectivity index (χ3v) is 7.15. The van der Waals surface area contributed by atoms with Gasteiger partial charge in [0.05, 0.1) is 12.3 Å². The van der Waals surface area contributed by atoms with Crippen molar-refractivity contribution in [2.45, 2.75) is 44.3 Å². The van der Waals surface area contributed by atoms with Crippen LogP contribution >= 0.6 is 11.9 Å². The lowest BCUT2D eigenvalue weighted by Crippen LogP contribution is -2.73. The summed E-state index contributed by atoms with van der Waals surface area (Å²) in [7, 11) is 0. The number of pyridine rings is 1. The van der Waals surface area contributed by atoms with Crippen molar-refractivity contribution in [1.29, 1.82) is 0 Å². The number of nitrogens with zero attached hydrogens (tertiary/aromatic N) is 3. The molecule has 1 aromatic heterocycles. The van der Waals surface area contributed by atoms with Crippen LogP contribution in [-0.2, 0) is 10.9 Å². The zero-order valence-corrected chi connectivity index (χ0v) is 16.8. The van der Waals surface area contributed by atoms with Gasteiger partial charge in [-0.15, -0.1) is 0 Å². The SMILES string of the molecule is Cc1nc(C(F)(F)F)ccc1SN1CC2(C1)CN(C1CCOCC1(C)C)C2. The monoisotopic (exact) mass is 401 g/mol. The van der Waals surface area contributed by atoms with Crippen molar-refractivity contribution in [3.63, 3.8) is 0 Å². The summed E-state index contributed by atoms with van der Waals surface area (Å²) in [4.78, 5) is 7.12. The summed E-state index contributed by atoms with van der Waals surface area (Å²) in [5.41, 5.74) is 0.170. The second-order valence-corrected chi connectivity index (χ2v) is 10.1. The molecular formula is C19H26F3N3OS. The molecule has 1 aromatic rings. The Bertz CT molecular complexity index is 711. The van der Waals surface area contributed by atoms with E-state index in [-0.39, 0.29) is 5.41 Å². The van der Waals surface area contributed by atoms with Gasteiger partial charge in [0.25, 0.3) is 0 Å². The predicted molar refractivity (Wildman–Crippen MR) is 98.4 cm³/mol. The topological polar surface area (TPSA) is 28.6 Å². The lowest BCUT2D eigenvalue weighted by atomic mass is 9.70. The highest BCUT2D eigenvalue weighted by atomic mass is 32.2. The zero-order chi connectivity index (χ0) is 19.4. The van der Waals surface area contributed by atoms with Crippen LogP contribution in [-0.4, -0.2) is 59.6 Å². The molecule has 0 aliphatic carbocycles. The molecule has 1 atom stereocenters. The highest BCUT2D eigenvalue weighted by Gasteiger charge is 2.55. The third kappa shape index (κ3) is 3.73. The number of hydrogen-bond donors (Lipinski definition) is 0. The minimum Gasteiger partial charge on any atom is -0.381 e. The maximum Gasteiger partial charge on any atom is 0.433 e. The van der Waals surface area contributed by atoms with Crippen LogP contribution in [0.3, 0.4) is 0 Å². The van der Waals surface area contributed by atoms with E-state index >= 15 is 0 Å². The first kappa shape index (κ1) is 19.5. The van der Waals surface area contributed by atoms with Gasteiger partial charge in [-0.2, -0.15) is 13.2 Å². The molecule has 4 rings (SSSR count). The predicted octanol–water partition coefficient (Wildman–Crippen LogP) is 3.85. The van der Waals surface area contributed by atoms with Gasteiger partial charge in [0.15, 0.2) is 0 Å². The molecule has 4 heterocycles. The molecule has 0 N–H and O–H groups in total. The summed E-state index contributed by atoms with van der Waals surface area (Å²) in [5.74, 6) is 0. The normalized spacial score (nSPS) is 28.0. The molecule has 4 nitrogen and oxygen atoms in total. The van der Waals surface area contributed by atoms with E-state index in [0.717, 1.165) is 56.8 Å². The smallest absolute Gasteiger partial charge is 0.381 e. The van der Waals surface area contributed by atoms with Gasteiger partial charge in [-0.05, 0) is 37.4 Å². The second-order valence-electron chi connectivity index (χ2n) is 8.92. The molecule has 1 spiro atoms. The molecule has 1 unspecified atom stereocenters. The molecule has 3 fully saturated rings. The number of aromatic nitrogens is 1. The van der Waals surface area contributed by atoms with Gasteiger partial charge in [-0.3, -0.25) is 4.90 Å². The fraction of sp³-hybridized carbons (Fsp3) is 0.737. The average molecular weight is 401 g/mol. The Morgan fingerprint density at radius 1 is 1.19 bits per heavy atom. The Morgan fingerprint density at radius 2 is 1.89 bits per heavy atom. The Kier molecular flexibility index (Phi) is 4.77. The van der Waals surface area contributed by atoms with E-state index in [2.05, 4.69) is 28.0 Å². The Morgan fingerprint density at radius 3 is 2.48 bits per heavy atom. The van der Waals surface area contributed by atoms with Crippen molar-refractivity contribution in [2.75, 3.05) is 39.4 Å². The van der Waals surface area contributed by atoms with Crippen molar-refractivity contribution in [2.24, 2.45) is 10.8 Å². The van der Waals surface area contributed by atoms with Crippen LogP contribution in [0.4, 0.5) is 13.2 Å². The fourth-order valence-electron chi connectivity index (χ4n) is 4.64. The lowest BCUT2D eigenvalue weighted by molar-refractivity contribution is -0.148. The second kappa shape index (κ2) is 6.61. The number of rotatable bonds is 3. The van der Waals surface area contributed by atoms with E-state index < -0.39 is 11.9 Å². The summed E-state index contributed by atoms with van der Waals surface area (Å²) in [5, 5.41) is 0. The van der Waals surface area contributed by atoms with Crippen molar-refractivity contribution in [3.05, 3.63) is 23.5 Å². The molecule has 8 heteroatoms. The van der Waals surface area contributed by atoms with Crippen LogP contribution in [0.5, 0.6) is 0 Å². The Labute approximate surface area is 162 Å². The van der Waals surface area contributed by atoms with Crippen LogP contribution in [0.1, 0.15) is 31.7 Å². The summed E-state index contributed by atoms with van der Waals surface area (Å²) in [6.45, 7) is 12.1. The zero-order valence-electron chi connectivity index (χ0n) is 16.0. The Balaban J connectivity index is 1.30. The van der Waals surface area contributed by atoms with Gasteiger partial charge in [0.1, 0.15) is 5.69 Å².